The van der Waals surface area contributed by atoms with Crippen LogP contribution in [0.15, 0.2) is 12.1 Å². The third-order valence-electron chi connectivity index (χ3n) is 4.64. The molecule has 0 bridgehead atoms. The van der Waals surface area contributed by atoms with Crippen LogP contribution in [0, 0.1) is 13.8 Å². The first-order chi connectivity index (χ1) is 11.5. The first kappa shape index (κ1) is 14.9. The highest BCUT2D eigenvalue weighted by molar-refractivity contribution is 5.93. The minimum Gasteiger partial charge on any atom is -0.439 e. The number of nitrogens with one attached hydrogen (secondary N) is 1. The minimum atomic E-state index is -0.602. The topological polar surface area (TPSA) is 88.8 Å². The van der Waals surface area contributed by atoms with E-state index >= 15 is 0 Å². The molecule has 24 heavy (non-hydrogen) atoms. The highest BCUT2D eigenvalue weighted by Crippen LogP contribution is 2.28. The fourth-order valence-corrected chi connectivity index (χ4v) is 3.55. The summed E-state index contributed by atoms with van der Waals surface area (Å²) < 4.78 is 7.10. The molecule has 2 fully saturated rings. The molecule has 0 aromatic carbocycles. The molecule has 8 nitrogen and oxygen atoms in total. The third kappa shape index (κ3) is 2.38. The average molecular weight is 329 g/mol. The molecule has 4 rings (SSSR count). The van der Waals surface area contributed by atoms with Crippen molar-refractivity contribution >= 4 is 17.6 Å². The van der Waals surface area contributed by atoms with E-state index in [-0.39, 0.29) is 5.91 Å². The van der Waals surface area contributed by atoms with E-state index in [0.29, 0.717) is 31.0 Å². The van der Waals surface area contributed by atoms with Gasteiger partial charge < -0.3 is 15.0 Å². The number of rotatable bonds is 1. The van der Waals surface area contributed by atoms with Gasteiger partial charge in [0.15, 0.2) is 11.3 Å². The number of carbonyl (C=O) groups is 2. The van der Waals surface area contributed by atoms with Crippen LogP contribution >= 0.6 is 0 Å². The monoisotopic (exact) mass is 329 g/mol. The molecule has 0 aliphatic carbocycles. The summed E-state index contributed by atoms with van der Waals surface area (Å²) in [6.45, 7) is 5.32. The number of aromatic nitrogens is 3. The van der Waals surface area contributed by atoms with Crippen LogP contribution < -0.4 is 5.32 Å². The van der Waals surface area contributed by atoms with E-state index in [4.69, 9.17) is 4.74 Å². The lowest BCUT2D eigenvalue weighted by Gasteiger charge is -2.37. The van der Waals surface area contributed by atoms with E-state index in [1.54, 1.807) is 15.5 Å². The van der Waals surface area contributed by atoms with Crippen molar-refractivity contribution in [3.8, 4) is 0 Å². The number of hydrogen-bond donors (Lipinski definition) is 1. The molecule has 2 amide bonds. The van der Waals surface area contributed by atoms with E-state index in [2.05, 4.69) is 15.4 Å². The zero-order valence-electron chi connectivity index (χ0n) is 13.7. The van der Waals surface area contributed by atoms with Crippen molar-refractivity contribution in [1.29, 1.82) is 0 Å². The van der Waals surface area contributed by atoms with Crippen LogP contribution in [0.2, 0.25) is 0 Å². The Labute approximate surface area is 138 Å². The summed E-state index contributed by atoms with van der Waals surface area (Å²) in [6.07, 6.45) is 1.15. The summed E-state index contributed by atoms with van der Waals surface area (Å²) in [6, 6.07) is 3.64. The van der Waals surface area contributed by atoms with Gasteiger partial charge in [0.1, 0.15) is 5.60 Å². The number of alkyl carbamates (subject to hydrolysis) is 1. The molecule has 1 atom stereocenters. The molecule has 8 heteroatoms. The van der Waals surface area contributed by atoms with Gasteiger partial charge in [0.2, 0.25) is 0 Å². The number of nitrogens with zero attached hydrogens (tertiary/aromatic N) is 4. The molecular weight excluding hydrogens is 310 g/mol. The number of likely N-dealkylation sites (tertiary alicyclic amines) is 1. The van der Waals surface area contributed by atoms with Gasteiger partial charge in [0.25, 0.3) is 5.91 Å². The highest BCUT2D eigenvalue weighted by Gasteiger charge is 2.45. The number of amides is 2. The summed E-state index contributed by atoms with van der Waals surface area (Å²) in [5.74, 6) is -0.153. The summed E-state index contributed by atoms with van der Waals surface area (Å²) in [5, 5.41) is 7.08. The van der Waals surface area contributed by atoms with Crippen LogP contribution in [0.4, 0.5) is 4.79 Å². The van der Waals surface area contributed by atoms with E-state index in [9.17, 15) is 9.59 Å². The molecule has 0 radical (unpaired) electrons. The molecule has 126 valence electrons. The first-order valence-electron chi connectivity index (χ1n) is 8.06. The molecule has 1 spiro atoms. The van der Waals surface area contributed by atoms with Gasteiger partial charge >= 0.3 is 6.09 Å². The normalized spacial score (nSPS) is 23.6. The largest absolute Gasteiger partial charge is 0.439 e. The molecule has 2 aromatic heterocycles. The van der Waals surface area contributed by atoms with Crippen molar-refractivity contribution in [3.63, 3.8) is 0 Å². The zero-order chi connectivity index (χ0) is 16.9. The molecule has 2 aliphatic heterocycles. The maximum atomic E-state index is 12.8. The second-order valence-corrected chi connectivity index (χ2v) is 6.59. The Bertz CT molecular complexity index is 846. The van der Waals surface area contributed by atoms with Gasteiger partial charge in [-0.2, -0.15) is 5.10 Å². The van der Waals surface area contributed by atoms with Gasteiger partial charge in [-0.05, 0) is 32.8 Å². The van der Waals surface area contributed by atoms with Crippen LogP contribution in [0.25, 0.3) is 5.65 Å². The van der Waals surface area contributed by atoms with Gasteiger partial charge in [0, 0.05) is 24.0 Å². The number of carbonyl (C=O) groups excluding carboxylic acids is 2. The van der Waals surface area contributed by atoms with Gasteiger partial charge in [-0.3, -0.25) is 4.79 Å². The molecule has 0 saturated carbocycles. The molecule has 0 unspecified atom stereocenters. The Morgan fingerprint density at radius 2 is 2.21 bits per heavy atom. The Balaban J connectivity index is 1.61. The van der Waals surface area contributed by atoms with E-state index in [0.717, 1.165) is 24.2 Å². The lowest BCUT2D eigenvalue weighted by molar-refractivity contribution is -0.00524. The summed E-state index contributed by atoms with van der Waals surface area (Å²) >= 11 is 0. The fraction of sp³-hybridized carbons (Fsp3) is 0.500. The number of aryl methyl sites for hydroxylation is 2. The SMILES string of the molecule is Cc1cc(C)n2nc(C(=O)N3CCC[C@]4(CNC(=O)O4)C3)cc2n1. The number of piperidine rings is 1. The molecule has 2 saturated heterocycles. The maximum Gasteiger partial charge on any atom is 0.407 e. The lowest BCUT2D eigenvalue weighted by atomic mass is 9.93. The van der Waals surface area contributed by atoms with Gasteiger partial charge in [0.05, 0.1) is 13.1 Å². The lowest BCUT2D eigenvalue weighted by Crippen LogP contribution is -2.52. The van der Waals surface area contributed by atoms with Crippen LogP contribution in [-0.2, 0) is 4.74 Å². The highest BCUT2D eigenvalue weighted by atomic mass is 16.6. The van der Waals surface area contributed by atoms with Gasteiger partial charge in [-0.1, -0.05) is 0 Å². The van der Waals surface area contributed by atoms with Crippen molar-refractivity contribution < 1.29 is 14.3 Å². The van der Waals surface area contributed by atoms with Crippen molar-refractivity contribution in [2.75, 3.05) is 19.6 Å². The van der Waals surface area contributed by atoms with E-state index < -0.39 is 11.7 Å². The van der Waals surface area contributed by atoms with Crippen LogP contribution in [0.5, 0.6) is 0 Å². The van der Waals surface area contributed by atoms with Crippen LogP contribution in [0.1, 0.15) is 34.7 Å². The van der Waals surface area contributed by atoms with Crippen LogP contribution in [0.3, 0.4) is 0 Å². The third-order valence-corrected chi connectivity index (χ3v) is 4.64. The fourth-order valence-electron chi connectivity index (χ4n) is 3.55. The maximum absolute atomic E-state index is 12.8. The molecule has 4 heterocycles. The quantitative estimate of drug-likeness (QED) is 0.845. The van der Waals surface area contributed by atoms with Gasteiger partial charge in [-0.15, -0.1) is 0 Å². The Morgan fingerprint density at radius 1 is 1.38 bits per heavy atom. The predicted molar refractivity (Wildman–Crippen MR) is 84.8 cm³/mol. The van der Waals surface area contributed by atoms with Gasteiger partial charge in [-0.25, -0.2) is 14.3 Å². The molecule has 2 aromatic rings. The molecule has 2 aliphatic rings. The number of ether oxygens (including phenoxy) is 1. The first-order valence-corrected chi connectivity index (χ1v) is 8.06. The van der Waals surface area contributed by atoms with Crippen molar-refractivity contribution in [2.45, 2.75) is 32.3 Å². The average Bonchev–Trinajstić information content (AvgIpc) is 3.11. The standard InChI is InChI=1S/C16H19N5O3/c1-10-6-11(2)21-13(18-10)7-12(19-21)14(22)20-5-3-4-16(9-20)8-17-15(23)24-16/h6-7H,3-5,8-9H2,1-2H3,(H,17,23)/t16-/m0/s1. The minimum absolute atomic E-state index is 0.153. The zero-order valence-corrected chi connectivity index (χ0v) is 13.7. The molecular formula is C16H19N5O3. The number of hydrogen-bond acceptors (Lipinski definition) is 5. The van der Waals surface area contributed by atoms with Crippen molar-refractivity contribution in [3.05, 3.63) is 29.2 Å². The van der Waals surface area contributed by atoms with Crippen molar-refractivity contribution in [2.24, 2.45) is 0 Å². The molecule has 1 N–H and O–H groups in total. The number of fused-ring (bicyclic) bond motifs is 1. The summed E-state index contributed by atoms with van der Waals surface area (Å²) in [5.41, 5.74) is 2.25. The van der Waals surface area contributed by atoms with Crippen LogP contribution in [-0.4, -0.2) is 56.7 Å². The second kappa shape index (κ2) is 5.19. The Hall–Kier alpha value is -2.64. The second-order valence-electron chi connectivity index (χ2n) is 6.59. The smallest absolute Gasteiger partial charge is 0.407 e. The van der Waals surface area contributed by atoms with E-state index in [1.807, 2.05) is 19.9 Å². The van der Waals surface area contributed by atoms with Crippen molar-refractivity contribution in [1.82, 2.24) is 24.8 Å². The summed E-state index contributed by atoms with van der Waals surface area (Å²) in [4.78, 5) is 30.4. The predicted octanol–water partition coefficient (Wildman–Crippen LogP) is 1.06. The Kier molecular flexibility index (Phi) is 3.22. The summed E-state index contributed by atoms with van der Waals surface area (Å²) in [7, 11) is 0. The van der Waals surface area contributed by atoms with E-state index in [1.165, 1.54) is 0 Å². The Morgan fingerprint density at radius 3 is 2.96 bits per heavy atom.